The van der Waals surface area contributed by atoms with E-state index in [1.165, 1.54) is 0 Å². The van der Waals surface area contributed by atoms with Crippen molar-refractivity contribution in [1.29, 1.82) is 0 Å². The highest BCUT2D eigenvalue weighted by Crippen LogP contribution is 2.22. The molecule has 0 aliphatic carbocycles. The molecule has 0 fully saturated rings. The number of halogens is 2. The average molecular weight is 329 g/mol. The highest BCUT2D eigenvalue weighted by Gasteiger charge is 2.03. The lowest BCUT2D eigenvalue weighted by atomic mass is 10.4. The van der Waals surface area contributed by atoms with Gasteiger partial charge < -0.3 is 5.32 Å². The van der Waals surface area contributed by atoms with Gasteiger partial charge in [0.25, 0.3) is 0 Å². The van der Waals surface area contributed by atoms with Gasteiger partial charge in [0.2, 0.25) is 10.0 Å². The van der Waals surface area contributed by atoms with Crippen LogP contribution >= 0.6 is 27.5 Å². The van der Waals surface area contributed by atoms with Crippen LogP contribution in [-0.2, 0) is 10.0 Å². The van der Waals surface area contributed by atoms with Gasteiger partial charge in [-0.1, -0.05) is 11.6 Å². The SMILES string of the molecule is CS(=O)(=O)NCCNc1ncc(Br)cc1Cl. The van der Waals surface area contributed by atoms with Gasteiger partial charge in [-0.3, -0.25) is 0 Å². The Labute approximate surface area is 108 Å². The zero-order chi connectivity index (χ0) is 12.2. The van der Waals surface area contributed by atoms with Crippen molar-refractivity contribution in [2.45, 2.75) is 0 Å². The number of rotatable bonds is 5. The zero-order valence-electron chi connectivity index (χ0n) is 8.50. The Morgan fingerprint density at radius 2 is 2.19 bits per heavy atom. The first kappa shape index (κ1) is 13.7. The molecule has 5 nitrogen and oxygen atoms in total. The van der Waals surface area contributed by atoms with E-state index in [4.69, 9.17) is 11.6 Å². The molecule has 1 heterocycles. The summed E-state index contributed by atoms with van der Waals surface area (Å²) in [5.41, 5.74) is 0. The van der Waals surface area contributed by atoms with Crippen molar-refractivity contribution in [1.82, 2.24) is 9.71 Å². The standard InChI is InChI=1S/C8H11BrClN3O2S/c1-16(14,15)13-3-2-11-8-7(10)4-6(9)5-12-8/h4-5,13H,2-3H2,1H3,(H,11,12). The second-order valence-electron chi connectivity index (χ2n) is 3.08. The number of anilines is 1. The average Bonchev–Trinajstić information content (AvgIpc) is 2.13. The van der Waals surface area contributed by atoms with Crippen molar-refractivity contribution >= 4 is 43.4 Å². The van der Waals surface area contributed by atoms with Crippen LogP contribution in [0.3, 0.4) is 0 Å². The molecule has 16 heavy (non-hydrogen) atoms. The smallest absolute Gasteiger partial charge is 0.208 e. The Kier molecular flexibility index (Phi) is 4.97. The molecule has 0 atom stereocenters. The Balaban J connectivity index is 2.43. The number of nitrogens with one attached hydrogen (secondary N) is 2. The maximum atomic E-state index is 10.8. The molecule has 0 unspecified atom stereocenters. The molecule has 2 N–H and O–H groups in total. The van der Waals surface area contributed by atoms with Crippen molar-refractivity contribution in [2.24, 2.45) is 0 Å². The Hall–Kier alpha value is -0.370. The number of sulfonamides is 1. The second kappa shape index (κ2) is 5.81. The number of aromatic nitrogens is 1. The molecular formula is C8H11BrClN3O2S. The molecule has 0 aliphatic rings. The lowest BCUT2D eigenvalue weighted by Crippen LogP contribution is -2.27. The van der Waals surface area contributed by atoms with Crippen LogP contribution in [-0.4, -0.2) is 32.7 Å². The lowest BCUT2D eigenvalue weighted by Gasteiger charge is -2.07. The lowest BCUT2D eigenvalue weighted by molar-refractivity contribution is 0.589. The topological polar surface area (TPSA) is 71.1 Å². The molecule has 0 aliphatic heterocycles. The van der Waals surface area contributed by atoms with Crippen molar-refractivity contribution in [3.63, 3.8) is 0 Å². The molecule has 1 rings (SSSR count). The number of nitrogens with zero attached hydrogens (tertiary/aromatic N) is 1. The van der Waals surface area contributed by atoms with Crippen molar-refractivity contribution in [3.05, 3.63) is 21.8 Å². The molecule has 1 aromatic rings. The van der Waals surface area contributed by atoms with Gasteiger partial charge in [0.1, 0.15) is 5.82 Å². The number of hydrogen-bond donors (Lipinski definition) is 2. The number of pyridine rings is 1. The molecular weight excluding hydrogens is 318 g/mol. The summed E-state index contributed by atoms with van der Waals surface area (Å²) in [4.78, 5) is 4.04. The van der Waals surface area contributed by atoms with E-state index < -0.39 is 10.0 Å². The van der Waals surface area contributed by atoms with Gasteiger partial charge in [0.15, 0.2) is 0 Å². The maximum Gasteiger partial charge on any atom is 0.208 e. The first-order valence-corrected chi connectivity index (χ1v) is 7.44. The highest BCUT2D eigenvalue weighted by molar-refractivity contribution is 9.10. The van der Waals surface area contributed by atoms with Gasteiger partial charge in [-0.15, -0.1) is 0 Å². The van der Waals surface area contributed by atoms with Gasteiger partial charge in [0, 0.05) is 23.8 Å². The molecule has 0 radical (unpaired) electrons. The Morgan fingerprint density at radius 1 is 1.50 bits per heavy atom. The van der Waals surface area contributed by atoms with Gasteiger partial charge >= 0.3 is 0 Å². The first-order chi connectivity index (χ1) is 7.38. The third kappa shape index (κ3) is 5.11. The van der Waals surface area contributed by atoms with E-state index in [1.54, 1.807) is 12.3 Å². The Bertz CT molecular complexity index is 466. The molecule has 90 valence electrons. The van der Waals surface area contributed by atoms with Crippen LogP contribution in [0.2, 0.25) is 5.02 Å². The minimum absolute atomic E-state index is 0.285. The van der Waals surface area contributed by atoms with E-state index in [1.807, 2.05) is 0 Å². The summed E-state index contributed by atoms with van der Waals surface area (Å²) < 4.78 is 24.7. The van der Waals surface area contributed by atoms with Crippen LogP contribution in [0.5, 0.6) is 0 Å². The fourth-order valence-electron chi connectivity index (χ4n) is 0.962. The van der Waals surface area contributed by atoms with Crippen LogP contribution in [0.1, 0.15) is 0 Å². The predicted octanol–water partition coefficient (Wildman–Crippen LogP) is 1.46. The second-order valence-corrected chi connectivity index (χ2v) is 6.23. The van der Waals surface area contributed by atoms with Gasteiger partial charge in [0.05, 0.1) is 11.3 Å². The summed E-state index contributed by atoms with van der Waals surface area (Å²) in [6.45, 7) is 0.703. The monoisotopic (exact) mass is 327 g/mol. The molecule has 0 amide bonds. The molecule has 0 saturated heterocycles. The number of hydrogen-bond acceptors (Lipinski definition) is 4. The van der Waals surface area contributed by atoms with Crippen LogP contribution in [0.25, 0.3) is 0 Å². The van der Waals surface area contributed by atoms with Crippen LogP contribution in [0.4, 0.5) is 5.82 Å². The van der Waals surface area contributed by atoms with E-state index in [0.717, 1.165) is 10.7 Å². The largest absolute Gasteiger partial charge is 0.368 e. The molecule has 0 aromatic carbocycles. The maximum absolute atomic E-state index is 10.8. The third-order valence-corrected chi connectivity index (χ3v) is 3.04. The van der Waals surface area contributed by atoms with Gasteiger partial charge in [-0.25, -0.2) is 18.1 Å². The summed E-state index contributed by atoms with van der Waals surface area (Å²) in [7, 11) is -3.15. The molecule has 8 heteroatoms. The minimum atomic E-state index is -3.15. The van der Waals surface area contributed by atoms with E-state index in [0.29, 0.717) is 17.4 Å². The van der Waals surface area contributed by atoms with Gasteiger partial charge in [-0.05, 0) is 22.0 Å². The quantitative estimate of drug-likeness (QED) is 0.803. The molecule has 0 bridgehead atoms. The molecule has 0 spiro atoms. The van der Waals surface area contributed by atoms with Gasteiger partial charge in [-0.2, -0.15) is 0 Å². The van der Waals surface area contributed by atoms with E-state index in [-0.39, 0.29) is 6.54 Å². The van der Waals surface area contributed by atoms with E-state index in [9.17, 15) is 8.42 Å². The predicted molar refractivity (Wildman–Crippen MR) is 68.3 cm³/mol. The summed E-state index contributed by atoms with van der Waals surface area (Å²) >= 11 is 9.14. The third-order valence-electron chi connectivity index (χ3n) is 1.59. The van der Waals surface area contributed by atoms with Crippen LogP contribution in [0.15, 0.2) is 16.7 Å². The summed E-state index contributed by atoms with van der Waals surface area (Å²) in [6, 6.07) is 1.71. The first-order valence-electron chi connectivity index (χ1n) is 4.38. The minimum Gasteiger partial charge on any atom is -0.368 e. The van der Waals surface area contributed by atoms with Crippen LogP contribution in [0, 0.1) is 0 Å². The fourth-order valence-corrected chi connectivity index (χ4v) is 2.13. The van der Waals surface area contributed by atoms with E-state index in [2.05, 4.69) is 31.0 Å². The van der Waals surface area contributed by atoms with Crippen molar-refractivity contribution in [2.75, 3.05) is 24.7 Å². The molecule has 0 saturated carbocycles. The zero-order valence-corrected chi connectivity index (χ0v) is 11.7. The van der Waals surface area contributed by atoms with E-state index >= 15 is 0 Å². The summed E-state index contributed by atoms with van der Waals surface area (Å²) in [5.74, 6) is 0.528. The van der Waals surface area contributed by atoms with Crippen LogP contribution < -0.4 is 10.0 Å². The van der Waals surface area contributed by atoms with Crippen molar-refractivity contribution < 1.29 is 8.42 Å². The molecule has 1 aromatic heterocycles. The highest BCUT2D eigenvalue weighted by atomic mass is 79.9. The Morgan fingerprint density at radius 3 is 2.75 bits per heavy atom. The normalized spacial score (nSPS) is 11.4. The summed E-state index contributed by atoms with van der Waals surface area (Å²) in [5, 5.41) is 3.40. The summed E-state index contributed by atoms with van der Waals surface area (Å²) in [6.07, 6.45) is 2.72. The fraction of sp³-hybridized carbons (Fsp3) is 0.375. The van der Waals surface area contributed by atoms with Crippen molar-refractivity contribution in [3.8, 4) is 0 Å².